The molecule has 3 amide bonds. The second-order valence-electron chi connectivity index (χ2n) is 7.88. The Hall–Kier alpha value is -2.54. The van der Waals surface area contributed by atoms with Crippen molar-refractivity contribution in [2.75, 3.05) is 4.90 Å². The van der Waals surface area contributed by atoms with Crippen LogP contribution < -0.4 is 4.90 Å². The number of hydrogen-bond acceptors (Lipinski definition) is 3. The number of carbonyl (C=O) groups excluding carboxylic acids is 2. The van der Waals surface area contributed by atoms with Gasteiger partial charge in [-0.1, -0.05) is 63.4 Å². The number of phenols is 1. The lowest BCUT2D eigenvalue weighted by molar-refractivity contribution is -0.124. The van der Waals surface area contributed by atoms with E-state index in [0.717, 1.165) is 14.9 Å². The maximum absolute atomic E-state index is 13.7. The summed E-state index contributed by atoms with van der Waals surface area (Å²) in [5.41, 5.74) is 0.770. The monoisotopic (exact) mass is 532 g/mol. The number of halogens is 3. The molecular formula is C24H19BrCl2N2O3. The van der Waals surface area contributed by atoms with E-state index in [1.54, 1.807) is 49.4 Å². The van der Waals surface area contributed by atoms with Gasteiger partial charge in [0.05, 0.1) is 5.69 Å². The average Bonchev–Trinajstić information content (AvgIpc) is 2.90. The van der Waals surface area contributed by atoms with Gasteiger partial charge >= 0.3 is 6.03 Å². The highest BCUT2D eigenvalue weighted by molar-refractivity contribution is 9.10. The van der Waals surface area contributed by atoms with E-state index >= 15 is 0 Å². The van der Waals surface area contributed by atoms with E-state index in [0.29, 0.717) is 27.7 Å². The number of urea groups is 1. The molecule has 8 heteroatoms. The molecule has 0 radical (unpaired) electrons. The maximum Gasteiger partial charge on any atom is 0.332 e. The van der Waals surface area contributed by atoms with Crippen LogP contribution in [0.4, 0.5) is 10.5 Å². The van der Waals surface area contributed by atoms with E-state index < -0.39 is 11.6 Å². The van der Waals surface area contributed by atoms with Crippen LogP contribution in [0.15, 0.2) is 71.2 Å². The molecule has 0 spiro atoms. The summed E-state index contributed by atoms with van der Waals surface area (Å²) in [6, 6.07) is 18.4. The Balaban J connectivity index is 1.78. The van der Waals surface area contributed by atoms with E-state index in [2.05, 4.69) is 15.9 Å². The van der Waals surface area contributed by atoms with Crippen LogP contribution in [0, 0.1) is 0 Å². The smallest absolute Gasteiger partial charge is 0.332 e. The topological polar surface area (TPSA) is 60.9 Å². The molecule has 3 aromatic rings. The van der Waals surface area contributed by atoms with Crippen molar-refractivity contribution < 1.29 is 14.7 Å². The first-order valence-corrected chi connectivity index (χ1v) is 11.4. The number of benzene rings is 3. The lowest BCUT2D eigenvalue weighted by Crippen LogP contribution is -2.48. The molecule has 1 saturated heterocycles. The number of anilines is 1. The molecule has 0 unspecified atom stereocenters. The number of aromatic hydroxyl groups is 1. The predicted octanol–water partition coefficient (Wildman–Crippen LogP) is 6.43. The molecule has 0 aromatic heterocycles. The number of carbonyl (C=O) groups is 2. The van der Waals surface area contributed by atoms with Crippen LogP contribution in [-0.4, -0.2) is 27.5 Å². The van der Waals surface area contributed by atoms with Crippen molar-refractivity contribution in [2.24, 2.45) is 0 Å². The van der Waals surface area contributed by atoms with Gasteiger partial charge in [-0.15, -0.1) is 0 Å². The molecule has 4 rings (SSSR count). The first kappa shape index (κ1) is 22.6. The highest BCUT2D eigenvalue weighted by atomic mass is 79.9. The van der Waals surface area contributed by atoms with Crippen molar-refractivity contribution in [1.82, 2.24) is 4.90 Å². The van der Waals surface area contributed by atoms with Crippen LogP contribution in [-0.2, 0) is 17.8 Å². The zero-order valence-corrected chi connectivity index (χ0v) is 20.2. The zero-order chi connectivity index (χ0) is 23.0. The standard InChI is InChI=1S/C24H19BrCl2N2O3/c1-24(13-15-5-7-17(25)8-6-15)22(31)29(20-11-18(26)10-19(27)12-20)23(32)28(24)14-16-3-2-4-21(30)9-16/h2-12,30H,13-14H2,1H3/t24-/m1/s1. The molecule has 1 aliphatic rings. The summed E-state index contributed by atoms with van der Waals surface area (Å²) >= 11 is 15.7. The second-order valence-corrected chi connectivity index (χ2v) is 9.67. The number of nitrogens with zero attached hydrogens (tertiary/aromatic N) is 2. The largest absolute Gasteiger partial charge is 0.508 e. The number of hydrogen-bond donors (Lipinski definition) is 1. The molecular weight excluding hydrogens is 515 g/mol. The van der Waals surface area contributed by atoms with Crippen molar-refractivity contribution in [1.29, 1.82) is 0 Å². The molecule has 5 nitrogen and oxygen atoms in total. The Labute approximate surface area is 204 Å². The predicted molar refractivity (Wildman–Crippen MR) is 129 cm³/mol. The van der Waals surface area contributed by atoms with Crippen LogP contribution in [0.2, 0.25) is 10.0 Å². The maximum atomic E-state index is 13.7. The van der Waals surface area contributed by atoms with Crippen molar-refractivity contribution >= 4 is 56.8 Å². The molecule has 32 heavy (non-hydrogen) atoms. The first-order chi connectivity index (χ1) is 15.2. The minimum Gasteiger partial charge on any atom is -0.508 e. The fourth-order valence-electron chi connectivity index (χ4n) is 3.92. The Morgan fingerprint density at radius 1 is 0.938 bits per heavy atom. The zero-order valence-electron chi connectivity index (χ0n) is 17.1. The molecule has 0 aliphatic carbocycles. The SMILES string of the molecule is C[C@@]1(Cc2ccc(Br)cc2)C(=O)N(c2cc(Cl)cc(Cl)c2)C(=O)N1Cc1cccc(O)c1. The Kier molecular flexibility index (Phi) is 6.21. The highest BCUT2D eigenvalue weighted by Gasteiger charge is 2.54. The third-order valence-corrected chi connectivity index (χ3v) is 6.47. The molecule has 1 heterocycles. The average molecular weight is 534 g/mol. The van der Waals surface area contributed by atoms with Gasteiger partial charge in [0, 0.05) is 27.5 Å². The van der Waals surface area contributed by atoms with Gasteiger partial charge in [-0.3, -0.25) is 4.79 Å². The van der Waals surface area contributed by atoms with Gasteiger partial charge in [0.2, 0.25) is 0 Å². The lowest BCUT2D eigenvalue weighted by Gasteiger charge is -2.32. The molecule has 1 fully saturated rings. The van der Waals surface area contributed by atoms with Gasteiger partial charge in [0.15, 0.2) is 0 Å². The van der Waals surface area contributed by atoms with E-state index in [-0.39, 0.29) is 18.2 Å². The fraction of sp³-hybridized carbons (Fsp3) is 0.167. The van der Waals surface area contributed by atoms with E-state index in [1.165, 1.54) is 4.90 Å². The van der Waals surface area contributed by atoms with Crippen molar-refractivity contribution in [3.8, 4) is 5.75 Å². The van der Waals surface area contributed by atoms with Crippen molar-refractivity contribution in [3.63, 3.8) is 0 Å². The summed E-state index contributed by atoms with van der Waals surface area (Å²) in [5.74, 6) is -0.280. The summed E-state index contributed by atoms with van der Waals surface area (Å²) in [4.78, 5) is 29.9. The number of amides is 3. The third-order valence-electron chi connectivity index (χ3n) is 5.50. The van der Waals surface area contributed by atoms with Crippen LogP contribution in [0.1, 0.15) is 18.1 Å². The number of imide groups is 1. The van der Waals surface area contributed by atoms with Crippen LogP contribution >= 0.6 is 39.1 Å². The summed E-state index contributed by atoms with van der Waals surface area (Å²) in [6.45, 7) is 1.90. The third kappa shape index (κ3) is 4.35. The minimum absolute atomic E-state index is 0.0913. The fourth-order valence-corrected chi connectivity index (χ4v) is 4.70. The van der Waals surface area contributed by atoms with E-state index in [4.69, 9.17) is 23.2 Å². The summed E-state index contributed by atoms with van der Waals surface area (Å²) in [7, 11) is 0. The second kappa shape index (κ2) is 8.77. The Morgan fingerprint density at radius 2 is 1.59 bits per heavy atom. The van der Waals surface area contributed by atoms with Crippen LogP contribution in [0.5, 0.6) is 5.75 Å². The van der Waals surface area contributed by atoms with E-state index in [1.807, 2.05) is 24.3 Å². The Morgan fingerprint density at radius 3 is 2.22 bits per heavy atom. The molecule has 1 N–H and O–H groups in total. The van der Waals surface area contributed by atoms with Crippen LogP contribution in [0.3, 0.4) is 0 Å². The normalized spacial score (nSPS) is 18.5. The van der Waals surface area contributed by atoms with Crippen molar-refractivity contribution in [2.45, 2.75) is 25.4 Å². The van der Waals surface area contributed by atoms with Gasteiger partial charge in [0.1, 0.15) is 11.3 Å². The lowest BCUT2D eigenvalue weighted by atomic mass is 9.90. The molecule has 1 atom stereocenters. The van der Waals surface area contributed by atoms with Gasteiger partial charge in [-0.25, -0.2) is 9.69 Å². The summed E-state index contributed by atoms with van der Waals surface area (Å²) in [6.07, 6.45) is 0.314. The number of rotatable bonds is 5. The molecule has 1 aliphatic heterocycles. The summed E-state index contributed by atoms with van der Waals surface area (Å²) in [5, 5.41) is 10.5. The van der Waals surface area contributed by atoms with Gasteiger partial charge in [-0.2, -0.15) is 0 Å². The Bertz CT molecular complexity index is 1180. The van der Waals surface area contributed by atoms with Gasteiger partial charge in [0.25, 0.3) is 5.91 Å². The quantitative estimate of drug-likeness (QED) is 0.384. The minimum atomic E-state index is -1.16. The molecule has 3 aromatic carbocycles. The van der Waals surface area contributed by atoms with Crippen molar-refractivity contribution in [3.05, 3.63) is 92.4 Å². The van der Waals surface area contributed by atoms with Gasteiger partial charge < -0.3 is 10.0 Å². The van der Waals surface area contributed by atoms with Gasteiger partial charge in [-0.05, 0) is 60.5 Å². The first-order valence-electron chi connectivity index (χ1n) is 9.82. The summed E-state index contributed by atoms with van der Waals surface area (Å²) < 4.78 is 0.923. The molecule has 164 valence electrons. The van der Waals surface area contributed by atoms with E-state index in [9.17, 15) is 14.7 Å². The molecule has 0 saturated carbocycles. The highest BCUT2D eigenvalue weighted by Crippen LogP contribution is 2.38. The number of phenolic OH excluding ortho intramolecular Hbond substituents is 1. The molecule has 0 bridgehead atoms. The van der Waals surface area contributed by atoms with Crippen LogP contribution in [0.25, 0.3) is 0 Å².